The van der Waals surface area contributed by atoms with Gasteiger partial charge in [-0.2, -0.15) is 0 Å². The van der Waals surface area contributed by atoms with Crippen LogP contribution < -0.4 is 15.5 Å². The lowest BCUT2D eigenvalue weighted by molar-refractivity contribution is -0.253. The Hall–Kier alpha value is -4.61. The van der Waals surface area contributed by atoms with Gasteiger partial charge in [-0.25, -0.2) is 0 Å². The van der Waals surface area contributed by atoms with Crippen LogP contribution in [0, 0.1) is 0 Å². The van der Waals surface area contributed by atoms with Gasteiger partial charge in [0.15, 0.2) is 6.29 Å². The molecule has 0 radical (unpaired) electrons. The number of nitrogens with one attached hydrogen (secondary N) is 2. The number of ether oxygens (including phenoxy) is 2. The third kappa shape index (κ3) is 6.84. The Morgan fingerprint density at radius 1 is 0.917 bits per heavy atom. The van der Waals surface area contributed by atoms with Crippen LogP contribution in [-0.4, -0.2) is 64.8 Å². The molecule has 7 rings (SSSR count). The second kappa shape index (κ2) is 14.2. The van der Waals surface area contributed by atoms with E-state index >= 15 is 0 Å². The van der Waals surface area contributed by atoms with Gasteiger partial charge in [-0.1, -0.05) is 66.7 Å². The van der Waals surface area contributed by atoms with E-state index in [1.54, 1.807) is 24.5 Å². The number of carbonyl (C=O) groups is 2. The molecule has 3 atom stereocenters. The van der Waals surface area contributed by atoms with Crippen LogP contribution in [0.3, 0.4) is 0 Å². The van der Waals surface area contributed by atoms with Crippen LogP contribution in [-0.2, 0) is 27.4 Å². The molecule has 3 aromatic carbocycles. The minimum absolute atomic E-state index is 0.00855. The number of para-hydroxylation sites is 1. The number of amides is 2. The molecule has 48 heavy (non-hydrogen) atoms. The fourth-order valence-electron chi connectivity index (χ4n) is 7.03. The zero-order valence-electron chi connectivity index (χ0n) is 26.8. The van der Waals surface area contributed by atoms with Crippen molar-refractivity contribution in [2.45, 2.75) is 56.5 Å². The summed E-state index contributed by atoms with van der Waals surface area (Å²) in [6.07, 6.45) is 4.50. The first-order valence-electron chi connectivity index (χ1n) is 16.6. The molecule has 3 saturated heterocycles. The van der Waals surface area contributed by atoms with Crippen molar-refractivity contribution in [2.75, 3.05) is 31.2 Å². The Labute approximate surface area is 280 Å². The number of aliphatic hydroxyl groups is 1. The van der Waals surface area contributed by atoms with Crippen molar-refractivity contribution >= 4 is 17.5 Å². The molecule has 1 aromatic heterocycles. The zero-order valence-corrected chi connectivity index (χ0v) is 26.8. The number of benzene rings is 3. The number of hydrogen-bond acceptors (Lipinski definition) is 8. The second-order valence-electron chi connectivity index (χ2n) is 12.8. The van der Waals surface area contributed by atoms with Gasteiger partial charge in [-0.05, 0) is 53.8 Å². The van der Waals surface area contributed by atoms with Gasteiger partial charge < -0.3 is 35.0 Å². The Balaban J connectivity index is 1.03. The van der Waals surface area contributed by atoms with Crippen LogP contribution in [0.1, 0.15) is 64.3 Å². The highest BCUT2D eigenvalue weighted by Gasteiger charge is 2.50. The summed E-state index contributed by atoms with van der Waals surface area (Å²) >= 11 is 0. The van der Waals surface area contributed by atoms with Gasteiger partial charge in [0.25, 0.3) is 5.91 Å². The van der Waals surface area contributed by atoms with Crippen molar-refractivity contribution < 1.29 is 24.2 Å². The molecule has 2 amide bonds. The van der Waals surface area contributed by atoms with E-state index in [-0.39, 0.29) is 30.6 Å². The summed E-state index contributed by atoms with van der Waals surface area (Å²) in [5.41, 5.74) is 4.81. The van der Waals surface area contributed by atoms with Gasteiger partial charge in [0.1, 0.15) is 5.54 Å². The third-order valence-corrected chi connectivity index (χ3v) is 9.79. The Morgan fingerprint density at radius 3 is 2.35 bits per heavy atom. The van der Waals surface area contributed by atoms with Crippen molar-refractivity contribution in [2.24, 2.45) is 0 Å². The highest BCUT2D eigenvalue weighted by atomic mass is 16.7. The molecule has 4 aromatic rings. The predicted octanol–water partition coefficient (Wildman–Crippen LogP) is 4.48. The predicted molar refractivity (Wildman–Crippen MR) is 181 cm³/mol. The normalized spacial score (nSPS) is 22.4. The number of aromatic nitrogens is 1. The molecule has 3 aliphatic heterocycles. The average Bonchev–Trinajstić information content (AvgIpc) is 3.46. The monoisotopic (exact) mass is 647 g/mol. The topological polar surface area (TPSA) is 116 Å². The summed E-state index contributed by atoms with van der Waals surface area (Å²) in [6.45, 7) is 3.21. The molecule has 0 aliphatic carbocycles. The van der Waals surface area contributed by atoms with Crippen molar-refractivity contribution in [1.29, 1.82) is 0 Å². The second-order valence-corrected chi connectivity index (χ2v) is 12.8. The smallest absolute Gasteiger partial charge is 0.253 e. The van der Waals surface area contributed by atoms with E-state index in [0.29, 0.717) is 25.2 Å². The number of rotatable bonds is 9. The molecular weight excluding hydrogens is 606 g/mol. The molecule has 10 nitrogen and oxygen atoms in total. The number of anilines is 1. The minimum Gasteiger partial charge on any atom is -0.392 e. The summed E-state index contributed by atoms with van der Waals surface area (Å²) in [7, 11) is 0. The number of aliphatic hydroxyl groups excluding tert-OH is 1. The Morgan fingerprint density at radius 2 is 1.65 bits per heavy atom. The lowest BCUT2D eigenvalue weighted by atomic mass is 9.85. The van der Waals surface area contributed by atoms with Crippen LogP contribution in [0.25, 0.3) is 0 Å². The Bertz CT molecular complexity index is 1680. The highest BCUT2D eigenvalue weighted by Crippen LogP contribution is 2.40. The zero-order chi connectivity index (χ0) is 32.9. The minimum atomic E-state index is -0.574. The SMILES string of the molecule is O=C(NCc1ccc([C@H]2O[C@@H](CN3CCC4(CC3)C(=O)NCN4c3ccccc3)C[C@@H](c3ccc(CO)cc3)O2)cc1)c1cccnc1. The summed E-state index contributed by atoms with van der Waals surface area (Å²) in [5, 5.41) is 15.6. The van der Waals surface area contributed by atoms with Gasteiger partial charge in [0.2, 0.25) is 5.91 Å². The first kappa shape index (κ1) is 32.0. The van der Waals surface area contributed by atoms with E-state index in [1.165, 1.54) is 0 Å². The third-order valence-electron chi connectivity index (χ3n) is 9.79. The average molecular weight is 648 g/mol. The summed E-state index contributed by atoms with van der Waals surface area (Å²) in [5.74, 6) is -0.0612. The molecule has 0 unspecified atom stereocenters. The maximum Gasteiger partial charge on any atom is 0.253 e. The molecule has 0 saturated carbocycles. The lowest BCUT2D eigenvalue weighted by Gasteiger charge is -2.45. The number of hydrogen-bond donors (Lipinski definition) is 3. The molecular formula is C38H41N5O5. The largest absolute Gasteiger partial charge is 0.392 e. The molecule has 4 heterocycles. The summed E-state index contributed by atoms with van der Waals surface area (Å²) < 4.78 is 13.2. The number of carbonyl (C=O) groups excluding carboxylic acids is 2. The van der Waals surface area contributed by atoms with Gasteiger partial charge in [-0.3, -0.25) is 14.6 Å². The number of piperidine rings is 1. The molecule has 10 heteroatoms. The van der Waals surface area contributed by atoms with E-state index in [0.717, 1.165) is 60.4 Å². The maximum absolute atomic E-state index is 13.2. The first-order chi connectivity index (χ1) is 23.5. The van der Waals surface area contributed by atoms with Gasteiger partial charge in [-0.15, -0.1) is 0 Å². The standard InChI is InChI=1S/C38H41N5O5/c44-25-28-10-12-29(13-11-28)34-21-33(24-42-19-16-38(17-20-42)37(46)41-26-43(38)32-6-2-1-3-7-32)47-36(48-34)30-14-8-27(9-15-30)22-40-35(45)31-5-4-18-39-23-31/h1-15,18,23,33-34,36,44H,16-17,19-22,24-26H2,(H,40,45)(H,41,46)/t33-,34+,36+/m1/s1. The fraction of sp³-hybridized carbons (Fsp3) is 0.342. The van der Waals surface area contributed by atoms with Crippen LogP contribution in [0.2, 0.25) is 0 Å². The van der Waals surface area contributed by atoms with E-state index in [4.69, 9.17) is 9.47 Å². The van der Waals surface area contributed by atoms with Gasteiger partial charge in [0, 0.05) is 56.2 Å². The Kier molecular flexibility index (Phi) is 9.49. The molecule has 3 N–H and O–H groups in total. The van der Waals surface area contributed by atoms with E-state index in [9.17, 15) is 14.7 Å². The van der Waals surface area contributed by atoms with E-state index < -0.39 is 11.8 Å². The van der Waals surface area contributed by atoms with Crippen molar-refractivity contribution in [3.8, 4) is 0 Å². The number of pyridine rings is 1. The summed E-state index contributed by atoms with van der Waals surface area (Å²) in [6, 6.07) is 29.5. The maximum atomic E-state index is 13.2. The van der Waals surface area contributed by atoms with E-state index in [2.05, 4.69) is 37.6 Å². The van der Waals surface area contributed by atoms with Crippen LogP contribution in [0.5, 0.6) is 0 Å². The first-order valence-corrected chi connectivity index (χ1v) is 16.6. The highest BCUT2D eigenvalue weighted by molar-refractivity contribution is 5.94. The lowest BCUT2D eigenvalue weighted by Crippen LogP contribution is -2.57. The van der Waals surface area contributed by atoms with Gasteiger partial charge in [0.05, 0.1) is 31.0 Å². The molecule has 248 valence electrons. The summed E-state index contributed by atoms with van der Waals surface area (Å²) in [4.78, 5) is 34.3. The fourth-order valence-corrected chi connectivity index (χ4v) is 7.03. The number of nitrogens with zero attached hydrogens (tertiary/aromatic N) is 3. The number of likely N-dealkylation sites (tertiary alicyclic amines) is 1. The molecule has 0 bridgehead atoms. The van der Waals surface area contributed by atoms with Crippen molar-refractivity contribution in [3.05, 3.63) is 131 Å². The van der Waals surface area contributed by atoms with Crippen molar-refractivity contribution in [1.82, 2.24) is 20.5 Å². The molecule has 1 spiro atoms. The molecule has 3 fully saturated rings. The quantitative estimate of drug-likeness (QED) is 0.244. The van der Waals surface area contributed by atoms with Crippen LogP contribution in [0.4, 0.5) is 5.69 Å². The van der Waals surface area contributed by atoms with Crippen LogP contribution >= 0.6 is 0 Å². The van der Waals surface area contributed by atoms with Gasteiger partial charge >= 0.3 is 0 Å². The molecule has 3 aliphatic rings. The van der Waals surface area contributed by atoms with E-state index in [1.807, 2.05) is 66.7 Å². The van der Waals surface area contributed by atoms with Crippen molar-refractivity contribution in [3.63, 3.8) is 0 Å². The van der Waals surface area contributed by atoms with Crippen LogP contribution in [0.15, 0.2) is 103 Å².